The second kappa shape index (κ2) is 6.49. The van der Waals surface area contributed by atoms with E-state index in [2.05, 4.69) is 15.5 Å². The number of rotatable bonds is 5. The molecule has 2 N–H and O–H groups in total. The van der Waals surface area contributed by atoms with Gasteiger partial charge in [0.25, 0.3) is 5.91 Å². The summed E-state index contributed by atoms with van der Waals surface area (Å²) in [6.45, 7) is 1.97. The van der Waals surface area contributed by atoms with Gasteiger partial charge in [-0.3, -0.25) is 4.79 Å². The molecule has 20 heavy (non-hydrogen) atoms. The molecular formula is C13H14ClN3O3. The maximum atomic E-state index is 11.8. The molecule has 1 amide bonds. The second-order valence-electron chi connectivity index (χ2n) is 4.11. The van der Waals surface area contributed by atoms with Crippen LogP contribution in [0.2, 0.25) is 5.02 Å². The molecule has 0 aliphatic heterocycles. The van der Waals surface area contributed by atoms with Crippen LogP contribution in [0.15, 0.2) is 28.7 Å². The molecule has 0 aliphatic carbocycles. The van der Waals surface area contributed by atoms with Crippen LogP contribution >= 0.6 is 11.6 Å². The predicted octanol–water partition coefficient (Wildman–Crippen LogP) is 1.64. The molecule has 1 aromatic heterocycles. The van der Waals surface area contributed by atoms with Crippen molar-refractivity contribution in [2.24, 2.45) is 0 Å². The number of halogens is 1. The van der Waals surface area contributed by atoms with E-state index in [9.17, 15) is 9.90 Å². The Bertz CT molecular complexity index is 583. The Kier molecular flexibility index (Phi) is 4.70. The van der Waals surface area contributed by atoms with Crippen LogP contribution in [0, 0.1) is 0 Å². The molecule has 2 aromatic rings. The zero-order chi connectivity index (χ0) is 14.5. The van der Waals surface area contributed by atoms with E-state index in [1.807, 2.05) is 6.92 Å². The van der Waals surface area contributed by atoms with E-state index >= 15 is 0 Å². The lowest BCUT2D eigenvalue weighted by Crippen LogP contribution is -2.28. The minimum atomic E-state index is -1.26. The standard InChI is InChI=1S/C13H14ClN3O3/c1-2-10-16-17-11(20-10)7-15-13(19)12(18)8-3-5-9(14)6-4-8/h3-6,12,18H,2,7H2,1H3,(H,15,19)/t12-/m0/s1. The first-order valence-electron chi connectivity index (χ1n) is 6.12. The molecule has 106 valence electrons. The fourth-order valence-corrected chi connectivity index (χ4v) is 1.68. The summed E-state index contributed by atoms with van der Waals surface area (Å²) in [7, 11) is 0. The third-order valence-electron chi connectivity index (χ3n) is 2.66. The van der Waals surface area contributed by atoms with Gasteiger partial charge in [0.1, 0.15) is 0 Å². The van der Waals surface area contributed by atoms with E-state index in [1.54, 1.807) is 24.3 Å². The van der Waals surface area contributed by atoms with Gasteiger partial charge >= 0.3 is 0 Å². The number of aliphatic hydroxyl groups excluding tert-OH is 1. The highest BCUT2D eigenvalue weighted by Crippen LogP contribution is 2.16. The molecule has 0 fully saturated rings. The molecule has 7 heteroatoms. The van der Waals surface area contributed by atoms with Crippen molar-refractivity contribution < 1.29 is 14.3 Å². The van der Waals surface area contributed by atoms with Crippen LogP contribution in [0.4, 0.5) is 0 Å². The van der Waals surface area contributed by atoms with Crippen molar-refractivity contribution in [1.82, 2.24) is 15.5 Å². The third kappa shape index (κ3) is 3.55. The predicted molar refractivity (Wildman–Crippen MR) is 71.9 cm³/mol. The third-order valence-corrected chi connectivity index (χ3v) is 2.91. The molecule has 1 heterocycles. The highest BCUT2D eigenvalue weighted by atomic mass is 35.5. The number of carbonyl (C=O) groups excluding carboxylic acids is 1. The molecule has 6 nitrogen and oxygen atoms in total. The number of carbonyl (C=O) groups is 1. The van der Waals surface area contributed by atoms with Crippen LogP contribution in [0.5, 0.6) is 0 Å². The zero-order valence-corrected chi connectivity index (χ0v) is 11.6. The average Bonchev–Trinajstić information content (AvgIpc) is 2.93. The molecule has 0 saturated heterocycles. The molecule has 1 aromatic carbocycles. The minimum Gasteiger partial charge on any atom is -0.423 e. The Balaban J connectivity index is 1.92. The van der Waals surface area contributed by atoms with Gasteiger partial charge in [0.15, 0.2) is 6.10 Å². The first-order valence-corrected chi connectivity index (χ1v) is 6.50. The molecule has 0 spiro atoms. The first-order chi connectivity index (χ1) is 9.60. The number of aliphatic hydroxyl groups is 1. The summed E-state index contributed by atoms with van der Waals surface area (Å²) >= 11 is 5.74. The van der Waals surface area contributed by atoms with Gasteiger partial charge in [-0.15, -0.1) is 10.2 Å². The van der Waals surface area contributed by atoms with Crippen LogP contribution in [0.1, 0.15) is 30.4 Å². The fraction of sp³-hybridized carbons (Fsp3) is 0.308. The van der Waals surface area contributed by atoms with Gasteiger partial charge in [0.2, 0.25) is 11.8 Å². The Hall–Kier alpha value is -1.92. The van der Waals surface area contributed by atoms with Crippen LogP contribution in [0.25, 0.3) is 0 Å². The Morgan fingerprint density at radius 1 is 1.35 bits per heavy atom. The second-order valence-corrected chi connectivity index (χ2v) is 4.55. The quantitative estimate of drug-likeness (QED) is 0.875. The summed E-state index contributed by atoms with van der Waals surface area (Å²) in [5, 5.41) is 20.5. The van der Waals surface area contributed by atoms with Crippen LogP contribution in [-0.2, 0) is 17.8 Å². The molecule has 0 radical (unpaired) electrons. The number of aryl methyl sites for hydroxylation is 1. The topological polar surface area (TPSA) is 88.2 Å². The summed E-state index contributed by atoms with van der Waals surface area (Å²) in [4.78, 5) is 11.8. The van der Waals surface area contributed by atoms with E-state index < -0.39 is 12.0 Å². The Morgan fingerprint density at radius 3 is 2.60 bits per heavy atom. The van der Waals surface area contributed by atoms with Crippen molar-refractivity contribution in [3.8, 4) is 0 Å². The lowest BCUT2D eigenvalue weighted by Gasteiger charge is -2.10. The van der Waals surface area contributed by atoms with E-state index in [4.69, 9.17) is 16.0 Å². The fourth-order valence-electron chi connectivity index (χ4n) is 1.56. The lowest BCUT2D eigenvalue weighted by atomic mass is 10.1. The SMILES string of the molecule is CCc1nnc(CNC(=O)[C@@H](O)c2ccc(Cl)cc2)o1. The monoisotopic (exact) mass is 295 g/mol. The highest BCUT2D eigenvalue weighted by molar-refractivity contribution is 6.30. The minimum absolute atomic E-state index is 0.0798. The van der Waals surface area contributed by atoms with Crippen molar-refractivity contribution >= 4 is 17.5 Å². The van der Waals surface area contributed by atoms with E-state index in [1.165, 1.54) is 0 Å². The van der Waals surface area contributed by atoms with Gasteiger partial charge in [0.05, 0.1) is 6.54 Å². The van der Waals surface area contributed by atoms with Crippen LogP contribution < -0.4 is 5.32 Å². The lowest BCUT2D eigenvalue weighted by molar-refractivity contribution is -0.129. The van der Waals surface area contributed by atoms with Gasteiger partial charge in [-0.2, -0.15) is 0 Å². The molecule has 1 atom stereocenters. The van der Waals surface area contributed by atoms with E-state index in [0.717, 1.165) is 0 Å². The first kappa shape index (κ1) is 14.5. The number of nitrogens with one attached hydrogen (secondary N) is 1. The van der Waals surface area contributed by atoms with Gasteiger partial charge in [-0.1, -0.05) is 30.7 Å². The normalized spacial score (nSPS) is 12.2. The van der Waals surface area contributed by atoms with Crippen molar-refractivity contribution in [3.63, 3.8) is 0 Å². The summed E-state index contributed by atoms with van der Waals surface area (Å²) in [5.74, 6) is 0.273. The summed E-state index contributed by atoms with van der Waals surface area (Å²) in [6.07, 6.45) is -0.630. The van der Waals surface area contributed by atoms with Crippen molar-refractivity contribution in [2.75, 3.05) is 0 Å². The Morgan fingerprint density at radius 2 is 2.00 bits per heavy atom. The summed E-state index contributed by atoms with van der Waals surface area (Å²) in [6, 6.07) is 6.40. The number of benzene rings is 1. The van der Waals surface area contributed by atoms with Crippen molar-refractivity contribution in [3.05, 3.63) is 46.6 Å². The zero-order valence-electron chi connectivity index (χ0n) is 10.8. The average molecular weight is 296 g/mol. The van der Waals surface area contributed by atoms with Gasteiger partial charge < -0.3 is 14.8 Å². The summed E-state index contributed by atoms with van der Waals surface area (Å²) in [5.41, 5.74) is 0.465. The van der Waals surface area contributed by atoms with Crippen LogP contribution in [0.3, 0.4) is 0 Å². The largest absolute Gasteiger partial charge is 0.423 e. The number of nitrogens with zero attached hydrogens (tertiary/aromatic N) is 2. The maximum Gasteiger partial charge on any atom is 0.253 e. The molecule has 0 saturated carbocycles. The molecule has 0 unspecified atom stereocenters. The highest BCUT2D eigenvalue weighted by Gasteiger charge is 2.17. The van der Waals surface area contributed by atoms with E-state index in [0.29, 0.717) is 28.8 Å². The van der Waals surface area contributed by atoms with E-state index in [-0.39, 0.29) is 6.54 Å². The number of aromatic nitrogens is 2. The molecule has 0 aliphatic rings. The Labute approximate surface area is 120 Å². The molecular weight excluding hydrogens is 282 g/mol. The van der Waals surface area contributed by atoms with Crippen LogP contribution in [-0.4, -0.2) is 21.2 Å². The molecule has 0 bridgehead atoms. The van der Waals surface area contributed by atoms with Gasteiger partial charge in [-0.25, -0.2) is 0 Å². The number of hydrogen-bond acceptors (Lipinski definition) is 5. The summed E-state index contributed by atoms with van der Waals surface area (Å²) < 4.78 is 5.25. The number of hydrogen-bond donors (Lipinski definition) is 2. The smallest absolute Gasteiger partial charge is 0.253 e. The van der Waals surface area contributed by atoms with Gasteiger partial charge in [0, 0.05) is 11.4 Å². The molecule has 2 rings (SSSR count). The van der Waals surface area contributed by atoms with Crippen molar-refractivity contribution in [1.29, 1.82) is 0 Å². The van der Waals surface area contributed by atoms with Crippen molar-refractivity contribution in [2.45, 2.75) is 26.0 Å². The number of amides is 1. The van der Waals surface area contributed by atoms with Gasteiger partial charge in [-0.05, 0) is 17.7 Å². The maximum absolute atomic E-state index is 11.8.